The van der Waals surface area contributed by atoms with Crippen molar-refractivity contribution in [3.63, 3.8) is 0 Å². The molecule has 0 saturated carbocycles. The number of aromatic nitrogens is 2. The van der Waals surface area contributed by atoms with Gasteiger partial charge in [0.2, 0.25) is 5.91 Å². The van der Waals surface area contributed by atoms with Gasteiger partial charge in [-0.15, -0.1) is 0 Å². The fourth-order valence-corrected chi connectivity index (χ4v) is 4.83. The topological polar surface area (TPSA) is 44.1 Å². The van der Waals surface area contributed by atoms with Crippen LogP contribution in [-0.2, 0) is 11.3 Å². The molecule has 0 unspecified atom stereocenters. The van der Waals surface area contributed by atoms with Gasteiger partial charge in [0.05, 0.1) is 11.4 Å². The third-order valence-electron chi connectivity index (χ3n) is 6.80. The molecule has 6 nitrogen and oxygen atoms in total. The number of carbonyl (C=O) groups is 1. The van der Waals surface area contributed by atoms with Crippen molar-refractivity contribution in [1.82, 2.24) is 14.3 Å². The number of amides is 1. The lowest BCUT2D eigenvalue weighted by Crippen LogP contribution is -2.46. The average Bonchev–Trinajstić information content (AvgIpc) is 3.23. The molecule has 33 heavy (non-hydrogen) atoms. The van der Waals surface area contributed by atoms with Crippen molar-refractivity contribution in [2.24, 2.45) is 0 Å². The Bertz CT molecular complexity index is 1270. The van der Waals surface area contributed by atoms with E-state index in [1.165, 1.54) is 11.4 Å². The molecule has 4 heterocycles. The lowest BCUT2D eigenvalue weighted by Gasteiger charge is -2.36. The number of β-lactam (4-membered cyclic amide) rings is 1. The molecule has 0 spiro atoms. The fourth-order valence-electron chi connectivity index (χ4n) is 4.83. The van der Waals surface area contributed by atoms with Gasteiger partial charge in [0.25, 0.3) is 0 Å². The molecule has 2 fully saturated rings. The van der Waals surface area contributed by atoms with Crippen molar-refractivity contribution < 1.29 is 4.79 Å². The van der Waals surface area contributed by atoms with E-state index in [1.54, 1.807) is 0 Å². The predicted molar refractivity (Wildman–Crippen MR) is 132 cm³/mol. The molecule has 1 amide bonds. The first kappa shape index (κ1) is 20.0. The van der Waals surface area contributed by atoms with Gasteiger partial charge in [-0.1, -0.05) is 36.4 Å². The van der Waals surface area contributed by atoms with Gasteiger partial charge in [-0.3, -0.25) is 9.69 Å². The van der Waals surface area contributed by atoms with Crippen molar-refractivity contribution >= 4 is 22.9 Å². The van der Waals surface area contributed by atoms with Crippen molar-refractivity contribution in [3.8, 4) is 11.3 Å². The zero-order valence-electron chi connectivity index (χ0n) is 18.6. The zero-order valence-corrected chi connectivity index (χ0v) is 18.6. The van der Waals surface area contributed by atoms with E-state index >= 15 is 0 Å². The fraction of sp³-hybridized carbons (Fsp3) is 0.259. The van der Waals surface area contributed by atoms with Crippen molar-refractivity contribution in [2.45, 2.75) is 13.0 Å². The number of benzene rings is 2. The lowest BCUT2D eigenvalue weighted by atomic mass is 10.1. The summed E-state index contributed by atoms with van der Waals surface area (Å²) in [7, 11) is 0. The Morgan fingerprint density at radius 3 is 2.21 bits per heavy atom. The molecule has 6 heteroatoms. The Morgan fingerprint density at radius 2 is 1.52 bits per heavy atom. The largest absolute Gasteiger partial charge is 0.369 e. The smallest absolute Gasteiger partial charge is 0.228 e. The van der Waals surface area contributed by atoms with E-state index in [-0.39, 0.29) is 5.91 Å². The molecular formula is C27H27N5O. The summed E-state index contributed by atoms with van der Waals surface area (Å²) in [4.78, 5) is 23.6. The molecule has 0 radical (unpaired) electrons. The summed E-state index contributed by atoms with van der Waals surface area (Å²) in [5.41, 5.74) is 6.56. The molecule has 2 aromatic carbocycles. The highest BCUT2D eigenvalue weighted by molar-refractivity contribution is 5.99. The van der Waals surface area contributed by atoms with E-state index < -0.39 is 0 Å². The minimum absolute atomic E-state index is 0.200. The van der Waals surface area contributed by atoms with E-state index in [0.29, 0.717) is 6.42 Å². The van der Waals surface area contributed by atoms with Gasteiger partial charge in [0.15, 0.2) is 0 Å². The summed E-state index contributed by atoms with van der Waals surface area (Å²) in [6, 6.07) is 25.1. The summed E-state index contributed by atoms with van der Waals surface area (Å²) >= 11 is 0. The average molecular weight is 438 g/mol. The number of rotatable bonds is 5. The molecular weight excluding hydrogens is 410 g/mol. The van der Waals surface area contributed by atoms with Crippen LogP contribution < -0.4 is 9.80 Å². The zero-order chi connectivity index (χ0) is 22.2. The van der Waals surface area contributed by atoms with Gasteiger partial charge in [0.1, 0.15) is 5.65 Å². The lowest BCUT2D eigenvalue weighted by molar-refractivity contribution is -0.122. The number of nitrogens with zero attached hydrogens (tertiary/aromatic N) is 5. The summed E-state index contributed by atoms with van der Waals surface area (Å²) in [6.45, 7) is 5.75. The highest BCUT2D eigenvalue weighted by Gasteiger charge is 2.25. The maximum Gasteiger partial charge on any atom is 0.228 e. The molecule has 166 valence electrons. The Morgan fingerprint density at radius 1 is 0.758 bits per heavy atom. The maximum absolute atomic E-state index is 11.8. The highest BCUT2D eigenvalue weighted by atomic mass is 16.2. The van der Waals surface area contributed by atoms with Gasteiger partial charge in [-0.05, 0) is 36.4 Å². The molecule has 6 rings (SSSR count). The number of fused-ring (bicyclic) bond motifs is 1. The molecule has 0 aliphatic carbocycles. The number of hydrogen-bond acceptors (Lipinski definition) is 4. The second kappa shape index (κ2) is 8.37. The first-order valence-electron chi connectivity index (χ1n) is 11.7. The molecule has 0 bridgehead atoms. The SMILES string of the molecule is O=C1CCN1c1ccc(-c2nc3ccccn3c2CN2CCN(c3ccccc3)CC2)cc1. The number of piperazine rings is 1. The van der Waals surface area contributed by atoms with Crippen LogP contribution in [0.1, 0.15) is 12.1 Å². The molecule has 2 aromatic heterocycles. The second-order valence-corrected chi connectivity index (χ2v) is 8.78. The summed E-state index contributed by atoms with van der Waals surface area (Å²) < 4.78 is 2.21. The number of carbonyl (C=O) groups excluding carboxylic acids is 1. The number of para-hydroxylation sites is 1. The van der Waals surface area contributed by atoms with Gasteiger partial charge in [0, 0.05) is 68.8 Å². The Hall–Kier alpha value is -3.64. The highest BCUT2D eigenvalue weighted by Crippen LogP contribution is 2.30. The Kier molecular flexibility index (Phi) is 5.07. The van der Waals surface area contributed by atoms with Crippen LogP contribution in [0.3, 0.4) is 0 Å². The van der Waals surface area contributed by atoms with Crippen LogP contribution in [0.25, 0.3) is 16.9 Å². The third kappa shape index (κ3) is 3.76. The first-order valence-corrected chi connectivity index (χ1v) is 11.7. The minimum Gasteiger partial charge on any atom is -0.369 e. The number of anilines is 2. The normalized spacial score (nSPS) is 16.9. The quantitative estimate of drug-likeness (QED) is 0.442. The van der Waals surface area contributed by atoms with Crippen LogP contribution in [0.15, 0.2) is 79.0 Å². The summed E-state index contributed by atoms with van der Waals surface area (Å²) in [6.07, 6.45) is 2.75. The van der Waals surface area contributed by atoms with Gasteiger partial charge < -0.3 is 14.2 Å². The predicted octanol–water partition coefficient (Wildman–Crippen LogP) is 4.06. The van der Waals surface area contributed by atoms with Crippen LogP contribution >= 0.6 is 0 Å². The van der Waals surface area contributed by atoms with Crippen molar-refractivity contribution in [2.75, 3.05) is 42.5 Å². The maximum atomic E-state index is 11.8. The van der Waals surface area contributed by atoms with Gasteiger partial charge in [-0.25, -0.2) is 4.98 Å². The molecule has 4 aromatic rings. The van der Waals surface area contributed by atoms with E-state index in [2.05, 4.69) is 75.0 Å². The summed E-state index contributed by atoms with van der Waals surface area (Å²) in [5.74, 6) is 0.200. The first-order chi connectivity index (χ1) is 16.3. The Labute approximate surface area is 193 Å². The summed E-state index contributed by atoms with van der Waals surface area (Å²) in [5, 5.41) is 0. The number of hydrogen-bond donors (Lipinski definition) is 0. The van der Waals surface area contributed by atoms with Crippen LogP contribution in [-0.4, -0.2) is 52.9 Å². The molecule has 2 saturated heterocycles. The van der Waals surface area contributed by atoms with Crippen LogP contribution in [0.2, 0.25) is 0 Å². The molecule has 2 aliphatic rings. The Balaban J connectivity index is 1.25. The molecule has 2 aliphatic heterocycles. The molecule has 0 N–H and O–H groups in total. The minimum atomic E-state index is 0.200. The van der Waals surface area contributed by atoms with Gasteiger partial charge in [-0.2, -0.15) is 0 Å². The van der Waals surface area contributed by atoms with Crippen molar-refractivity contribution in [3.05, 3.63) is 84.7 Å². The van der Waals surface area contributed by atoms with E-state index in [9.17, 15) is 4.79 Å². The van der Waals surface area contributed by atoms with E-state index in [1.807, 2.05) is 23.1 Å². The number of pyridine rings is 1. The third-order valence-corrected chi connectivity index (χ3v) is 6.80. The van der Waals surface area contributed by atoms with Crippen molar-refractivity contribution in [1.29, 1.82) is 0 Å². The van der Waals surface area contributed by atoms with Crippen LogP contribution in [0.4, 0.5) is 11.4 Å². The second-order valence-electron chi connectivity index (χ2n) is 8.78. The van der Waals surface area contributed by atoms with E-state index in [4.69, 9.17) is 4.98 Å². The van der Waals surface area contributed by atoms with Crippen LogP contribution in [0, 0.1) is 0 Å². The van der Waals surface area contributed by atoms with E-state index in [0.717, 1.165) is 61.9 Å². The molecule has 0 atom stereocenters. The standard InChI is InChI=1S/C27H27N5O/c33-26-13-15-31(26)23-11-9-21(10-12-23)27-24(32-14-5-4-8-25(32)28-27)20-29-16-18-30(19-17-29)22-6-2-1-3-7-22/h1-12,14H,13,15-20H2. The van der Waals surface area contributed by atoms with Crippen LogP contribution in [0.5, 0.6) is 0 Å². The monoisotopic (exact) mass is 437 g/mol. The van der Waals surface area contributed by atoms with Gasteiger partial charge >= 0.3 is 0 Å². The number of imidazole rings is 1.